The van der Waals surface area contributed by atoms with Gasteiger partial charge in [0.2, 0.25) is 0 Å². The number of rotatable bonds is 6. The number of hydrogen-bond donors (Lipinski definition) is 1. The smallest absolute Gasteiger partial charge is 0.161 e. The van der Waals surface area contributed by atoms with Gasteiger partial charge >= 0.3 is 0 Å². The van der Waals surface area contributed by atoms with Crippen LogP contribution in [0.3, 0.4) is 0 Å². The van der Waals surface area contributed by atoms with Gasteiger partial charge in [-0.15, -0.1) is 0 Å². The third-order valence-corrected chi connectivity index (χ3v) is 3.21. The van der Waals surface area contributed by atoms with Crippen molar-refractivity contribution in [2.45, 2.75) is 6.54 Å². The summed E-state index contributed by atoms with van der Waals surface area (Å²) in [6.45, 7) is 0.687. The van der Waals surface area contributed by atoms with E-state index in [0.29, 0.717) is 6.54 Å². The van der Waals surface area contributed by atoms with Crippen molar-refractivity contribution in [2.75, 3.05) is 38.5 Å². The fourth-order valence-electron chi connectivity index (χ4n) is 2.10. The SMILES string of the molecule is COc1ccc(CNc2cnccc2N(C)C)cc1OC. The molecule has 2 rings (SSSR count). The predicted molar refractivity (Wildman–Crippen MR) is 85.4 cm³/mol. The second-order valence-corrected chi connectivity index (χ2v) is 4.83. The van der Waals surface area contributed by atoms with Gasteiger partial charge in [0.25, 0.3) is 0 Å². The first-order valence-electron chi connectivity index (χ1n) is 6.72. The van der Waals surface area contributed by atoms with Crippen LogP contribution >= 0.6 is 0 Å². The Bertz CT molecular complexity index is 600. The first-order chi connectivity index (χ1) is 10.2. The summed E-state index contributed by atoms with van der Waals surface area (Å²) in [5.74, 6) is 1.47. The van der Waals surface area contributed by atoms with Crippen molar-refractivity contribution in [1.82, 2.24) is 4.98 Å². The van der Waals surface area contributed by atoms with Crippen LogP contribution in [0.25, 0.3) is 0 Å². The van der Waals surface area contributed by atoms with E-state index in [2.05, 4.69) is 15.2 Å². The molecule has 0 aliphatic heterocycles. The minimum absolute atomic E-state index is 0.687. The van der Waals surface area contributed by atoms with Crippen molar-refractivity contribution < 1.29 is 9.47 Å². The summed E-state index contributed by atoms with van der Waals surface area (Å²) in [6.07, 6.45) is 3.62. The number of nitrogens with zero attached hydrogens (tertiary/aromatic N) is 2. The van der Waals surface area contributed by atoms with Gasteiger partial charge in [0.05, 0.1) is 31.8 Å². The van der Waals surface area contributed by atoms with Crippen LogP contribution in [0.15, 0.2) is 36.7 Å². The summed E-state index contributed by atoms with van der Waals surface area (Å²) in [7, 11) is 7.29. The monoisotopic (exact) mass is 287 g/mol. The van der Waals surface area contributed by atoms with Crippen LogP contribution in [0.4, 0.5) is 11.4 Å². The Balaban J connectivity index is 2.13. The number of benzene rings is 1. The van der Waals surface area contributed by atoms with Crippen molar-refractivity contribution in [3.63, 3.8) is 0 Å². The zero-order valence-electron chi connectivity index (χ0n) is 12.9. The van der Waals surface area contributed by atoms with E-state index in [1.807, 2.05) is 44.6 Å². The van der Waals surface area contributed by atoms with Crippen molar-refractivity contribution in [3.05, 3.63) is 42.2 Å². The van der Waals surface area contributed by atoms with E-state index in [0.717, 1.165) is 28.4 Å². The third kappa shape index (κ3) is 3.56. The molecule has 0 unspecified atom stereocenters. The van der Waals surface area contributed by atoms with E-state index in [1.165, 1.54) is 0 Å². The highest BCUT2D eigenvalue weighted by Gasteiger charge is 2.06. The van der Waals surface area contributed by atoms with Gasteiger partial charge in [0, 0.05) is 26.8 Å². The molecular formula is C16H21N3O2. The zero-order valence-corrected chi connectivity index (χ0v) is 12.9. The summed E-state index contributed by atoms with van der Waals surface area (Å²) in [5.41, 5.74) is 3.21. The van der Waals surface area contributed by atoms with E-state index in [9.17, 15) is 0 Å². The maximum absolute atomic E-state index is 5.32. The first kappa shape index (κ1) is 15.0. The second kappa shape index (κ2) is 6.83. The van der Waals surface area contributed by atoms with Crippen LogP contribution < -0.4 is 19.7 Å². The zero-order chi connectivity index (χ0) is 15.2. The highest BCUT2D eigenvalue weighted by atomic mass is 16.5. The molecule has 1 aromatic carbocycles. The minimum atomic E-state index is 0.687. The number of anilines is 2. The lowest BCUT2D eigenvalue weighted by atomic mass is 10.2. The number of methoxy groups -OCH3 is 2. The van der Waals surface area contributed by atoms with Crippen LogP contribution in [-0.2, 0) is 6.54 Å². The molecule has 21 heavy (non-hydrogen) atoms. The molecule has 112 valence electrons. The molecule has 0 fully saturated rings. The molecule has 1 aromatic heterocycles. The van der Waals surface area contributed by atoms with Gasteiger partial charge in [-0.25, -0.2) is 0 Å². The highest BCUT2D eigenvalue weighted by molar-refractivity contribution is 5.68. The Hall–Kier alpha value is -2.43. The van der Waals surface area contributed by atoms with Crippen LogP contribution in [-0.4, -0.2) is 33.3 Å². The topological polar surface area (TPSA) is 46.6 Å². The largest absolute Gasteiger partial charge is 0.493 e. The summed E-state index contributed by atoms with van der Waals surface area (Å²) in [6, 6.07) is 7.88. The average molecular weight is 287 g/mol. The van der Waals surface area contributed by atoms with Gasteiger partial charge in [-0.1, -0.05) is 6.07 Å². The van der Waals surface area contributed by atoms with E-state index >= 15 is 0 Å². The lowest BCUT2D eigenvalue weighted by molar-refractivity contribution is 0.354. The molecule has 0 atom stereocenters. The summed E-state index contributed by atoms with van der Waals surface area (Å²) >= 11 is 0. The Kier molecular flexibility index (Phi) is 4.87. The quantitative estimate of drug-likeness (QED) is 0.885. The fraction of sp³-hybridized carbons (Fsp3) is 0.312. The molecule has 5 heteroatoms. The van der Waals surface area contributed by atoms with Gasteiger partial charge in [0.15, 0.2) is 11.5 Å². The molecule has 1 heterocycles. The van der Waals surface area contributed by atoms with E-state index < -0.39 is 0 Å². The summed E-state index contributed by atoms with van der Waals surface area (Å²) in [4.78, 5) is 6.22. The minimum Gasteiger partial charge on any atom is -0.493 e. The second-order valence-electron chi connectivity index (χ2n) is 4.83. The molecule has 2 aromatic rings. The summed E-state index contributed by atoms with van der Waals surface area (Å²) < 4.78 is 10.6. The molecule has 5 nitrogen and oxygen atoms in total. The number of aromatic nitrogens is 1. The van der Waals surface area contributed by atoms with Gasteiger partial charge in [-0.3, -0.25) is 4.98 Å². The van der Waals surface area contributed by atoms with Gasteiger partial charge in [-0.2, -0.15) is 0 Å². The molecule has 0 radical (unpaired) electrons. The van der Waals surface area contributed by atoms with Crippen molar-refractivity contribution in [1.29, 1.82) is 0 Å². The van der Waals surface area contributed by atoms with E-state index in [4.69, 9.17) is 9.47 Å². The van der Waals surface area contributed by atoms with Gasteiger partial charge in [-0.05, 0) is 23.8 Å². The molecule has 0 saturated carbocycles. The number of hydrogen-bond acceptors (Lipinski definition) is 5. The number of pyridine rings is 1. The maximum atomic E-state index is 5.32. The standard InChI is InChI=1S/C16H21N3O2/c1-19(2)14-7-8-17-11-13(14)18-10-12-5-6-15(20-3)16(9-12)21-4/h5-9,11,18H,10H2,1-4H3. The Morgan fingerprint density at radius 3 is 2.52 bits per heavy atom. The lowest BCUT2D eigenvalue weighted by Crippen LogP contribution is -2.12. The van der Waals surface area contributed by atoms with Crippen LogP contribution in [0.2, 0.25) is 0 Å². The Morgan fingerprint density at radius 2 is 1.86 bits per heavy atom. The molecule has 0 aliphatic rings. The maximum Gasteiger partial charge on any atom is 0.161 e. The number of ether oxygens (including phenoxy) is 2. The Labute approximate surface area is 125 Å². The average Bonchev–Trinajstić information content (AvgIpc) is 2.52. The van der Waals surface area contributed by atoms with Crippen LogP contribution in [0.1, 0.15) is 5.56 Å². The number of nitrogens with one attached hydrogen (secondary N) is 1. The molecule has 0 amide bonds. The molecule has 1 N–H and O–H groups in total. The van der Waals surface area contributed by atoms with Crippen molar-refractivity contribution in [3.8, 4) is 11.5 Å². The lowest BCUT2D eigenvalue weighted by Gasteiger charge is -2.18. The third-order valence-electron chi connectivity index (χ3n) is 3.21. The van der Waals surface area contributed by atoms with Gasteiger partial charge in [0.1, 0.15) is 0 Å². The predicted octanol–water partition coefficient (Wildman–Crippen LogP) is 2.78. The van der Waals surface area contributed by atoms with E-state index in [1.54, 1.807) is 20.4 Å². The molecule has 0 saturated heterocycles. The molecule has 0 spiro atoms. The fourth-order valence-corrected chi connectivity index (χ4v) is 2.10. The van der Waals surface area contributed by atoms with E-state index in [-0.39, 0.29) is 0 Å². The summed E-state index contributed by atoms with van der Waals surface area (Å²) in [5, 5.41) is 3.40. The Morgan fingerprint density at radius 1 is 1.10 bits per heavy atom. The highest BCUT2D eigenvalue weighted by Crippen LogP contribution is 2.28. The molecule has 0 bridgehead atoms. The van der Waals surface area contributed by atoms with Gasteiger partial charge < -0.3 is 19.7 Å². The molecular weight excluding hydrogens is 266 g/mol. The van der Waals surface area contributed by atoms with Crippen LogP contribution in [0, 0.1) is 0 Å². The van der Waals surface area contributed by atoms with Crippen molar-refractivity contribution in [2.24, 2.45) is 0 Å². The molecule has 0 aliphatic carbocycles. The normalized spacial score (nSPS) is 10.1. The van der Waals surface area contributed by atoms with Crippen LogP contribution in [0.5, 0.6) is 11.5 Å². The first-order valence-corrected chi connectivity index (χ1v) is 6.72. The van der Waals surface area contributed by atoms with Crippen molar-refractivity contribution >= 4 is 11.4 Å².